The van der Waals surface area contributed by atoms with Crippen LogP contribution in [0.15, 0.2) is 48.5 Å². The number of benzene rings is 2. The molecule has 0 saturated heterocycles. The molecule has 1 heterocycles. The minimum Gasteiger partial charge on any atom is -0.493 e. The molecule has 2 aromatic rings. The molecule has 2 aliphatic rings. The third-order valence-corrected chi connectivity index (χ3v) is 5.86. The van der Waals surface area contributed by atoms with Crippen molar-refractivity contribution in [3.05, 3.63) is 65.2 Å². The highest BCUT2D eigenvalue weighted by Gasteiger charge is 2.35. The van der Waals surface area contributed by atoms with E-state index in [0.29, 0.717) is 12.4 Å². The molecule has 1 fully saturated rings. The van der Waals surface area contributed by atoms with Crippen LogP contribution in [0.4, 0.5) is 0 Å². The van der Waals surface area contributed by atoms with Gasteiger partial charge in [0.05, 0.1) is 18.6 Å². The fourth-order valence-electron chi connectivity index (χ4n) is 4.43. The molecule has 0 aromatic heterocycles. The molecule has 2 N–H and O–H groups in total. The van der Waals surface area contributed by atoms with Crippen LogP contribution in [0.5, 0.6) is 5.75 Å². The summed E-state index contributed by atoms with van der Waals surface area (Å²) in [6.45, 7) is 0.472. The van der Waals surface area contributed by atoms with Gasteiger partial charge in [-0.25, -0.2) is 0 Å². The minimum absolute atomic E-state index is 0.0222. The number of ether oxygens (including phenoxy) is 1. The van der Waals surface area contributed by atoms with E-state index >= 15 is 0 Å². The van der Waals surface area contributed by atoms with E-state index in [1.807, 2.05) is 36.4 Å². The van der Waals surface area contributed by atoms with E-state index < -0.39 is 12.1 Å². The fourth-order valence-corrected chi connectivity index (χ4v) is 4.43. The number of fused-ring (bicyclic) bond motifs is 1. The summed E-state index contributed by atoms with van der Waals surface area (Å²) >= 11 is 0. The number of carboxylic acid groups (broad SMARTS) is 1. The highest BCUT2D eigenvalue weighted by atomic mass is 16.5. The average molecular weight is 352 g/mol. The molecule has 136 valence electrons. The maximum atomic E-state index is 11.5. The van der Waals surface area contributed by atoms with Gasteiger partial charge in [0.15, 0.2) is 0 Å². The molecule has 4 heteroatoms. The Morgan fingerprint density at radius 2 is 1.92 bits per heavy atom. The van der Waals surface area contributed by atoms with Gasteiger partial charge in [-0.1, -0.05) is 48.9 Å². The van der Waals surface area contributed by atoms with Gasteiger partial charge < -0.3 is 14.9 Å². The van der Waals surface area contributed by atoms with Gasteiger partial charge in [-0.15, -0.1) is 0 Å². The first-order chi connectivity index (χ1) is 12.6. The van der Waals surface area contributed by atoms with Gasteiger partial charge in [-0.05, 0) is 42.4 Å². The van der Waals surface area contributed by atoms with Gasteiger partial charge in [0.25, 0.3) is 0 Å². The van der Waals surface area contributed by atoms with E-state index in [1.54, 1.807) is 0 Å². The number of carboxylic acids is 1. The van der Waals surface area contributed by atoms with E-state index in [9.17, 15) is 15.0 Å². The second kappa shape index (κ2) is 7.12. The van der Waals surface area contributed by atoms with Crippen LogP contribution in [0, 0.1) is 11.8 Å². The van der Waals surface area contributed by atoms with E-state index in [0.717, 1.165) is 36.8 Å². The lowest BCUT2D eigenvalue weighted by molar-refractivity contribution is -0.142. The lowest BCUT2D eigenvalue weighted by Crippen LogP contribution is -2.28. The van der Waals surface area contributed by atoms with Crippen molar-refractivity contribution in [1.82, 2.24) is 0 Å². The summed E-state index contributed by atoms with van der Waals surface area (Å²) < 4.78 is 5.97. The van der Waals surface area contributed by atoms with Gasteiger partial charge >= 0.3 is 5.97 Å². The number of aliphatic carboxylic acids is 1. The molecule has 1 saturated carbocycles. The lowest BCUT2D eigenvalue weighted by atomic mass is 9.84. The second-order valence-electron chi connectivity index (χ2n) is 7.49. The molecule has 0 bridgehead atoms. The van der Waals surface area contributed by atoms with Gasteiger partial charge in [-0.3, -0.25) is 4.79 Å². The lowest BCUT2D eigenvalue weighted by Gasteiger charge is -2.31. The maximum absolute atomic E-state index is 11.5. The number of rotatable bonds is 4. The van der Waals surface area contributed by atoms with Crippen molar-refractivity contribution < 1.29 is 19.7 Å². The monoisotopic (exact) mass is 352 g/mol. The molecular weight excluding hydrogens is 328 g/mol. The molecule has 1 aliphatic heterocycles. The first-order valence-electron chi connectivity index (χ1n) is 9.35. The molecular formula is C22H24O4. The highest BCUT2D eigenvalue weighted by Crippen LogP contribution is 2.44. The summed E-state index contributed by atoms with van der Waals surface area (Å²) in [4.78, 5) is 11.5. The zero-order chi connectivity index (χ0) is 18.1. The molecule has 0 radical (unpaired) electrons. The van der Waals surface area contributed by atoms with E-state index in [-0.39, 0.29) is 17.8 Å². The van der Waals surface area contributed by atoms with Crippen LogP contribution in [0.2, 0.25) is 0 Å². The first-order valence-corrected chi connectivity index (χ1v) is 9.35. The Bertz CT molecular complexity index is 786. The Hall–Kier alpha value is -2.33. The number of hydrogen-bond donors (Lipinski definition) is 2. The molecule has 26 heavy (non-hydrogen) atoms. The minimum atomic E-state index is -0.714. The van der Waals surface area contributed by atoms with Crippen molar-refractivity contribution in [2.24, 2.45) is 11.8 Å². The SMILES string of the molecule is O=C(O)C1CCCC1c1ccc2c(c1)OC[C@H](Cc1ccccc1)[C@H]2O. The van der Waals surface area contributed by atoms with Crippen LogP contribution in [-0.4, -0.2) is 22.8 Å². The van der Waals surface area contributed by atoms with Crippen molar-refractivity contribution in [2.45, 2.75) is 37.7 Å². The van der Waals surface area contributed by atoms with E-state index in [1.165, 1.54) is 5.56 Å². The van der Waals surface area contributed by atoms with Crippen molar-refractivity contribution in [1.29, 1.82) is 0 Å². The Balaban J connectivity index is 1.54. The molecule has 1 aliphatic carbocycles. The number of carbonyl (C=O) groups is 1. The summed E-state index contributed by atoms with van der Waals surface area (Å²) in [6, 6.07) is 16.0. The van der Waals surface area contributed by atoms with Crippen molar-refractivity contribution in [3.63, 3.8) is 0 Å². The first kappa shape index (κ1) is 17.1. The Kier molecular flexibility index (Phi) is 4.68. The van der Waals surface area contributed by atoms with Gasteiger partial charge in [0.2, 0.25) is 0 Å². The Morgan fingerprint density at radius 3 is 2.69 bits per heavy atom. The summed E-state index contributed by atoms with van der Waals surface area (Å²) in [5.41, 5.74) is 3.02. The molecule has 0 amide bonds. The van der Waals surface area contributed by atoms with Gasteiger partial charge in [0.1, 0.15) is 5.75 Å². The summed E-state index contributed by atoms with van der Waals surface area (Å²) in [5.74, 6) is -0.258. The highest BCUT2D eigenvalue weighted by molar-refractivity contribution is 5.72. The average Bonchev–Trinajstić information content (AvgIpc) is 3.15. The van der Waals surface area contributed by atoms with Crippen LogP contribution in [0.25, 0.3) is 0 Å². The third-order valence-electron chi connectivity index (χ3n) is 5.86. The van der Waals surface area contributed by atoms with Crippen molar-refractivity contribution >= 4 is 5.97 Å². The third kappa shape index (κ3) is 3.21. The van der Waals surface area contributed by atoms with E-state index in [4.69, 9.17) is 4.74 Å². The normalized spacial score (nSPS) is 27.6. The smallest absolute Gasteiger partial charge is 0.307 e. The molecule has 4 rings (SSSR count). The predicted molar refractivity (Wildman–Crippen MR) is 98.3 cm³/mol. The second-order valence-corrected chi connectivity index (χ2v) is 7.49. The fraction of sp³-hybridized carbons (Fsp3) is 0.409. The molecule has 2 unspecified atom stereocenters. The van der Waals surface area contributed by atoms with Crippen LogP contribution in [0.3, 0.4) is 0 Å². The predicted octanol–water partition coefficient (Wildman–Crippen LogP) is 3.94. The van der Waals surface area contributed by atoms with Gasteiger partial charge in [-0.2, -0.15) is 0 Å². The zero-order valence-corrected chi connectivity index (χ0v) is 14.7. The van der Waals surface area contributed by atoms with Crippen molar-refractivity contribution in [3.8, 4) is 5.75 Å². The Morgan fingerprint density at radius 1 is 1.12 bits per heavy atom. The largest absolute Gasteiger partial charge is 0.493 e. The summed E-state index contributed by atoms with van der Waals surface area (Å²) in [7, 11) is 0. The summed E-state index contributed by atoms with van der Waals surface area (Å²) in [6.07, 6.45) is 2.79. The number of aliphatic hydroxyl groups is 1. The van der Waals surface area contributed by atoms with Crippen molar-refractivity contribution in [2.75, 3.05) is 6.61 Å². The van der Waals surface area contributed by atoms with Crippen LogP contribution in [-0.2, 0) is 11.2 Å². The molecule has 4 nitrogen and oxygen atoms in total. The number of hydrogen-bond acceptors (Lipinski definition) is 3. The van der Waals surface area contributed by atoms with Crippen LogP contribution >= 0.6 is 0 Å². The van der Waals surface area contributed by atoms with Gasteiger partial charge in [0, 0.05) is 11.5 Å². The van der Waals surface area contributed by atoms with Crippen LogP contribution in [0.1, 0.15) is 48.0 Å². The summed E-state index contributed by atoms with van der Waals surface area (Å²) in [5, 5.41) is 20.2. The standard InChI is InChI=1S/C22H24O4/c23-21-16(11-14-5-2-1-3-6-14)13-26-20-12-15(9-10-19(20)21)17-7-4-8-18(17)22(24)25/h1-3,5-6,9-10,12,16-18,21,23H,4,7-8,11,13H2,(H,24,25)/t16-,17?,18?,21+/m0/s1. The van der Waals surface area contributed by atoms with E-state index in [2.05, 4.69) is 12.1 Å². The molecule has 2 aromatic carbocycles. The maximum Gasteiger partial charge on any atom is 0.307 e. The number of aliphatic hydroxyl groups excluding tert-OH is 1. The zero-order valence-electron chi connectivity index (χ0n) is 14.7. The Labute approximate surface area is 153 Å². The topological polar surface area (TPSA) is 66.8 Å². The van der Waals surface area contributed by atoms with Crippen LogP contribution < -0.4 is 4.74 Å². The molecule has 0 spiro atoms. The quantitative estimate of drug-likeness (QED) is 0.875. The molecule has 4 atom stereocenters.